The molecule has 18 heavy (non-hydrogen) atoms. The van der Waals surface area contributed by atoms with E-state index in [9.17, 15) is 8.42 Å². The summed E-state index contributed by atoms with van der Waals surface area (Å²) >= 11 is 3.24. The van der Waals surface area contributed by atoms with Gasteiger partial charge in [0.05, 0.1) is 5.69 Å². The summed E-state index contributed by atoms with van der Waals surface area (Å²) in [6.45, 7) is 0. The van der Waals surface area contributed by atoms with Gasteiger partial charge in [-0.1, -0.05) is 0 Å². The maximum Gasteiger partial charge on any atom is 0.263 e. The Morgan fingerprint density at radius 3 is 2.67 bits per heavy atom. The minimum absolute atomic E-state index is 0.109. The highest BCUT2D eigenvalue weighted by Gasteiger charge is 2.14. The average Bonchev–Trinajstić information content (AvgIpc) is 2.35. The molecule has 0 saturated heterocycles. The number of benzene rings is 1. The van der Waals surface area contributed by atoms with Crippen LogP contribution in [0.2, 0.25) is 0 Å². The lowest BCUT2D eigenvalue weighted by Gasteiger charge is -2.08. The van der Waals surface area contributed by atoms with E-state index in [4.69, 9.17) is 5.73 Å². The molecule has 0 aliphatic carbocycles. The van der Waals surface area contributed by atoms with E-state index in [1.54, 1.807) is 24.3 Å². The number of hydrogen-bond acceptors (Lipinski definition) is 4. The molecule has 0 saturated carbocycles. The van der Waals surface area contributed by atoms with Crippen molar-refractivity contribution in [2.75, 3.05) is 10.5 Å². The van der Waals surface area contributed by atoms with Gasteiger partial charge in [-0.25, -0.2) is 8.42 Å². The number of halogens is 1. The number of aromatic nitrogens is 1. The highest BCUT2D eigenvalue weighted by Crippen LogP contribution is 2.24. The number of pyridine rings is 1. The van der Waals surface area contributed by atoms with Crippen LogP contribution in [0.15, 0.2) is 52.1 Å². The summed E-state index contributed by atoms with van der Waals surface area (Å²) in [5.41, 5.74) is 6.60. The van der Waals surface area contributed by atoms with Gasteiger partial charge >= 0.3 is 0 Å². The first kappa shape index (κ1) is 12.8. The molecule has 1 aromatic heterocycles. The van der Waals surface area contributed by atoms with Crippen molar-refractivity contribution < 1.29 is 8.42 Å². The first-order chi connectivity index (χ1) is 8.49. The summed E-state index contributed by atoms with van der Waals surface area (Å²) in [7, 11) is -3.62. The molecule has 1 aromatic carbocycles. The lowest BCUT2D eigenvalue weighted by atomic mass is 10.3. The molecule has 0 spiro atoms. The molecule has 0 unspecified atom stereocenters. The SMILES string of the molecule is Nc1ccc(NS(=O)(=O)c2cccnc2)cc1Br. The first-order valence-electron chi connectivity index (χ1n) is 4.97. The van der Waals surface area contributed by atoms with E-state index in [1.807, 2.05) is 0 Å². The van der Waals surface area contributed by atoms with E-state index in [0.29, 0.717) is 15.8 Å². The molecule has 0 fully saturated rings. The Kier molecular flexibility index (Phi) is 3.53. The van der Waals surface area contributed by atoms with Gasteiger partial charge in [0, 0.05) is 22.6 Å². The second-order valence-corrected chi connectivity index (χ2v) is 6.07. The Labute approximate surface area is 113 Å². The number of nitrogens with one attached hydrogen (secondary N) is 1. The van der Waals surface area contributed by atoms with Crippen LogP contribution in [0.25, 0.3) is 0 Å². The van der Waals surface area contributed by atoms with E-state index in [1.165, 1.54) is 18.5 Å². The summed E-state index contributed by atoms with van der Waals surface area (Å²) in [6, 6.07) is 7.84. The van der Waals surface area contributed by atoms with E-state index in [0.717, 1.165) is 0 Å². The van der Waals surface area contributed by atoms with Crippen molar-refractivity contribution in [3.63, 3.8) is 0 Å². The predicted molar refractivity (Wildman–Crippen MR) is 73.6 cm³/mol. The summed E-state index contributed by atoms with van der Waals surface area (Å²) in [6.07, 6.45) is 2.80. The van der Waals surface area contributed by atoms with E-state index in [2.05, 4.69) is 25.6 Å². The molecule has 0 atom stereocenters. The molecule has 0 radical (unpaired) electrons. The van der Waals surface area contributed by atoms with Crippen molar-refractivity contribution >= 4 is 37.3 Å². The highest BCUT2D eigenvalue weighted by atomic mass is 79.9. The van der Waals surface area contributed by atoms with Gasteiger partial charge in [0.25, 0.3) is 10.0 Å². The summed E-state index contributed by atoms with van der Waals surface area (Å²) in [5, 5.41) is 0. The van der Waals surface area contributed by atoms with Crippen molar-refractivity contribution in [3.8, 4) is 0 Å². The van der Waals surface area contributed by atoms with Gasteiger partial charge in [-0.2, -0.15) is 0 Å². The molecular formula is C11H10BrN3O2S. The third-order valence-corrected chi connectivity index (χ3v) is 4.25. The van der Waals surface area contributed by atoms with Gasteiger partial charge in [-0.3, -0.25) is 9.71 Å². The van der Waals surface area contributed by atoms with Crippen molar-refractivity contribution in [2.24, 2.45) is 0 Å². The van der Waals surface area contributed by atoms with Gasteiger partial charge in [-0.15, -0.1) is 0 Å². The van der Waals surface area contributed by atoms with Gasteiger partial charge in [-0.05, 0) is 46.3 Å². The average molecular weight is 328 g/mol. The molecule has 0 amide bonds. The topological polar surface area (TPSA) is 85.1 Å². The van der Waals surface area contributed by atoms with E-state index in [-0.39, 0.29) is 4.90 Å². The standard InChI is InChI=1S/C11H10BrN3O2S/c12-10-6-8(3-4-11(10)13)15-18(16,17)9-2-1-5-14-7-9/h1-7,15H,13H2. The smallest absolute Gasteiger partial charge is 0.263 e. The monoisotopic (exact) mass is 327 g/mol. The molecule has 2 aromatic rings. The second-order valence-electron chi connectivity index (χ2n) is 3.53. The maximum absolute atomic E-state index is 12.0. The second kappa shape index (κ2) is 4.95. The zero-order chi connectivity index (χ0) is 13.2. The third-order valence-electron chi connectivity index (χ3n) is 2.20. The van der Waals surface area contributed by atoms with E-state index < -0.39 is 10.0 Å². The molecule has 0 aliphatic rings. The van der Waals surface area contributed by atoms with Gasteiger partial charge in [0.1, 0.15) is 4.90 Å². The number of nitrogen functional groups attached to an aromatic ring is 1. The van der Waals surface area contributed by atoms with Crippen LogP contribution < -0.4 is 10.5 Å². The Morgan fingerprint density at radius 2 is 2.06 bits per heavy atom. The molecule has 94 valence electrons. The van der Waals surface area contributed by atoms with Gasteiger partial charge < -0.3 is 5.73 Å². The Hall–Kier alpha value is -1.60. The largest absolute Gasteiger partial charge is 0.398 e. The molecular weight excluding hydrogens is 318 g/mol. The summed E-state index contributed by atoms with van der Waals surface area (Å²) < 4.78 is 27.1. The number of hydrogen-bond donors (Lipinski definition) is 2. The molecule has 0 bridgehead atoms. The first-order valence-corrected chi connectivity index (χ1v) is 7.24. The van der Waals surface area contributed by atoms with Crippen LogP contribution in [0.3, 0.4) is 0 Å². The predicted octanol–water partition coefficient (Wildman–Crippen LogP) is 2.23. The van der Waals surface area contributed by atoms with Gasteiger partial charge in [0.15, 0.2) is 0 Å². The maximum atomic E-state index is 12.0. The van der Waals surface area contributed by atoms with Crippen molar-refractivity contribution in [1.82, 2.24) is 4.98 Å². The van der Waals surface area contributed by atoms with Crippen molar-refractivity contribution in [1.29, 1.82) is 0 Å². The van der Waals surface area contributed by atoms with Crippen LogP contribution in [-0.2, 0) is 10.0 Å². The minimum atomic E-state index is -3.62. The molecule has 1 heterocycles. The van der Waals surface area contributed by atoms with Crippen molar-refractivity contribution in [2.45, 2.75) is 4.90 Å². The minimum Gasteiger partial charge on any atom is -0.398 e. The summed E-state index contributed by atoms with van der Waals surface area (Å²) in [4.78, 5) is 3.89. The van der Waals surface area contributed by atoms with E-state index >= 15 is 0 Å². The van der Waals surface area contributed by atoms with Crippen molar-refractivity contribution in [3.05, 3.63) is 47.2 Å². The third kappa shape index (κ3) is 2.80. The molecule has 0 aliphatic heterocycles. The fourth-order valence-corrected chi connectivity index (χ4v) is 2.70. The quantitative estimate of drug-likeness (QED) is 0.846. The Bertz CT molecular complexity index is 659. The number of nitrogens with zero attached hydrogens (tertiary/aromatic N) is 1. The molecule has 5 nitrogen and oxygen atoms in total. The van der Waals surface area contributed by atoms with Crippen LogP contribution in [0.5, 0.6) is 0 Å². The number of rotatable bonds is 3. The van der Waals surface area contributed by atoms with Gasteiger partial charge in [0.2, 0.25) is 0 Å². The Morgan fingerprint density at radius 1 is 1.28 bits per heavy atom. The number of sulfonamides is 1. The molecule has 2 rings (SSSR count). The molecule has 3 N–H and O–H groups in total. The van der Waals surface area contributed by atoms with Crippen LogP contribution in [0.1, 0.15) is 0 Å². The fourth-order valence-electron chi connectivity index (χ4n) is 1.31. The van der Waals surface area contributed by atoms with Crippen LogP contribution >= 0.6 is 15.9 Å². The highest BCUT2D eigenvalue weighted by molar-refractivity contribution is 9.10. The Balaban J connectivity index is 2.31. The fraction of sp³-hybridized carbons (Fsp3) is 0. The summed E-state index contributed by atoms with van der Waals surface area (Å²) in [5.74, 6) is 0. The van der Waals surface area contributed by atoms with Crippen LogP contribution in [-0.4, -0.2) is 13.4 Å². The number of anilines is 2. The normalized spacial score (nSPS) is 11.2. The zero-order valence-electron chi connectivity index (χ0n) is 9.17. The van der Waals surface area contributed by atoms with Crippen LogP contribution in [0, 0.1) is 0 Å². The molecule has 7 heteroatoms. The lowest BCUT2D eigenvalue weighted by molar-refractivity contribution is 0.601. The van der Waals surface area contributed by atoms with Crippen LogP contribution in [0.4, 0.5) is 11.4 Å². The lowest BCUT2D eigenvalue weighted by Crippen LogP contribution is -2.13. The zero-order valence-corrected chi connectivity index (χ0v) is 11.6. The number of nitrogens with two attached hydrogens (primary N) is 1.